The largest absolute Gasteiger partial charge is 0.501 e. The fraction of sp³-hybridized carbons (Fsp3) is 0.182. The van der Waals surface area contributed by atoms with Crippen LogP contribution in [0, 0.1) is 12.1 Å². The molecule has 0 amide bonds. The Morgan fingerprint density at radius 1 is 0.719 bits per heavy atom. The number of fused-ring (bicyclic) bond motifs is 4. The van der Waals surface area contributed by atoms with Crippen LogP contribution >= 0.6 is 0 Å². The van der Waals surface area contributed by atoms with Gasteiger partial charge in [0, 0.05) is 40.1 Å². The van der Waals surface area contributed by atoms with Crippen LogP contribution in [0.1, 0.15) is 64.5 Å². The summed E-state index contributed by atoms with van der Waals surface area (Å²) in [6.07, 6.45) is 2.05. The van der Waals surface area contributed by atoms with Gasteiger partial charge in [0.15, 0.2) is 5.65 Å². The van der Waals surface area contributed by atoms with Crippen molar-refractivity contribution in [3.05, 3.63) is 186 Å². The zero-order valence-corrected chi connectivity index (χ0v) is 40.4. The molecule has 64 heavy (non-hydrogen) atoms. The summed E-state index contributed by atoms with van der Waals surface area (Å²) in [7, 11) is -1.76. The molecule has 0 fully saturated rings. The standard InChI is InChI=1S/C34H28N5O.C21H22NSi.Ir/c1-20(2)27-17-23(22-11-6-5-7-12-22)18-28(21(3)4)31(27)39-29-19-35-38-37-33(29)36-34(39)26-15-10-14-25-24-13-8-9-16-30(24)40-32(25)26;1-23(2,3)21-16-22-20(18-12-8-5-9-13-18)15-19(21)14-17-10-6-4-7-11-17;/h5-14,16-21H,1-4H3;4-12,15-16H,14H2,1-3H3;/q2*-1;/i;14D2;. The molecular formula is C55H50IrN6OSi-2. The molecule has 0 N–H and O–H groups in total. The molecule has 10 rings (SSSR count). The Morgan fingerprint density at radius 2 is 1.41 bits per heavy atom. The van der Waals surface area contributed by atoms with Crippen molar-refractivity contribution >= 4 is 46.4 Å². The minimum absolute atomic E-state index is 0. The molecule has 7 nitrogen and oxygen atoms in total. The van der Waals surface area contributed by atoms with Crippen LogP contribution in [0.4, 0.5) is 0 Å². The van der Waals surface area contributed by atoms with Crippen LogP contribution in [0.15, 0.2) is 156 Å². The molecule has 0 aliphatic rings. The van der Waals surface area contributed by atoms with E-state index < -0.39 is 14.4 Å². The van der Waals surface area contributed by atoms with Crippen LogP contribution in [-0.2, 0) is 26.5 Å². The first-order valence-electron chi connectivity index (χ1n) is 22.5. The second-order valence-electron chi connectivity index (χ2n) is 17.4. The van der Waals surface area contributed by atoms with E-state index >= 15 is 0 Å². The Kier molecular flexibility index (Phi) is 12.2. The summed E-state index contributed by atoms with van der Waals surface area (Å²) in [5, 5.41) is 15.5. The number of hydrogen-bond donors (Lipinski definition) is 0. The van der Waals surface area contributed by atoms with E-state index in [4.69, 9.17) is 12.1 Å². The van der Waals surface area contributed by atoms with Crippen LogP contribution in [0.5, 0.6) is 0 Å². The molecule has 0 saturated heterocycles. The average molecular weight is 1030 g/mol. The van der Waals surface area contributed by atoms with Gasteiger partial charge < -0.3 is 14.0 Å². The SMILES string of the molecule is CC(C)c1cc(-c2ccccc2)cc(C(C)C)c1-n1c(-c2[c-]ccc3c2oc2ccccc23)nc2nnncc21.[2H]C([2H])(c1ccccc1)c1cc(-c2[c-]cccc2)ncc1[Si](C)(C)C.[Ir]. The van der Waals surface area contributed by atoms with Crippen LogP contribution < -0.4 is 5.19 Å². The van der Waals surface area contributed by atoms with E-state index in [-0.39, 0.29) is 31.9 Å². The van der Waals surface area contributed by atoms with Crippen molar-refractivity contribution in [2.24, 2.45) is 0 Å². The summed E-state index contributed by atoms with van der Waals surface area (Å²) in [5.74, 6) is 1.20. The van der Waals surface area contributed by atoms with Gasteiger partial charge in [-0.15, -0.1) is 64.3 Å². The smallest absolute Gasteiger partial charge is 0.194 e. The van der Waals surface area contributed by atoms with Gasteiger partial charge >= 0.3 is 0 Å². The van der Waals surface area contributed by atoms with Crippen LogP contribution in [0.2, 0.25) is 19.6 Å². The van der Waals surface area contributed by atoms with Gasteiger partial charge in [0.25, 0.3) is 0 Å². The summed E-state index contributed by atoms with van der Waals surface area (Å²) < 4.78 is 26.3. The Labute approximate surface area is 392 Å². The van der Waals surface area contributed by atoms with Crippen molar-refractivity contribution in [2.45, 2.75) is 65.5 Å². The Morgan fingerprint density at radius 3 is 2.09 bits per heavy atom. The Balaban J connectivity index is 0.000000197. The fourth-order valence-electron chi connectivity index (χ4n) is 8.16. The van der Waals surface area contributed by atoms with Gasteiger partial charge in [-0.3, -0.25) is 4.98 Å². The van der Waals surface area contributed by atoms with Gasteiger partial charge in [-0.05, 0) is 80.3 Å². The summed E-state index contributed by atoms with van der Waals surface area (Å²) in [6.45, 7) is 15.6. The molecule has 4 heterocycles. The quantitative estimate of drug-likeness (QED) is 0.106. The third-order valence-electron chi connectivity index (χ3n) is 11.3. The third kappa shape index (κ3) is 8.89. The molecule has 0 unspecified atom stereocenters. The molecule has 0 atom stereocenters. The summed E-state index contributed by atoms with van der Waals surface area (Å²) in [5.41, 5.74) is 12.7. The predicted molar refractivity (Wildman–Crippen MR) is 260 cm³/mol. The van der Waals surface area contributed by atoms with Gasteiger partial charge in [0.05, 0.1) is 25.7 Å². The Hall–Kier alpha value is -6.38. The second-order valence-corrected chi connectivity index (χ2v) is 22.5. The number of furan rings is 1. The molecular weight excluding hydrogens is 981 g/mol. The van der Waals surface area contributed by atoms with E-state index in [0.29, 0.717) is 17.0 Å². The van der Waals surface area contributed by atoms with E-state index in [1.165, 1.54) is 22.3 Å². The molecule has 0 bridgehead atoms. The van der Waals surface area contributed by atoms with E-state index in [1.54, 1.807) is 6.20 Å². The molecule has 0 aliphatic heterocycles. The van der Waals surface area contributed by atoms with Gasteiger partial charge in [-0.25, -0.2) is 0 Å². The molecule has 0 saturated carbocycles. The number of pyridine rings is 1. The molecule has 9 heteroatoms. The first-order chi connectivity index (χ1) is 31.3. The maximum atomic E-state index is 8.84. The maximum absolute atomic E-state index is 8.84. The van der Waals surface area contributed by atoms with E-state index in [1.807, 2.05) is 97.2 Å². The monoisotopic (exact) mass is 1030 g/mol. The topological polar surface area (TPSA) is 82.5 Å². The van der Waals surface area contributed by atoms with E-state index in [9.17, 15) is 0 Å². The number of para-hydroxylation sites is 1. The number of hydrogen-bond acceptors (Lipinski definition) is 6. The summed E-state index contributed by atoms with van der Waals surface area (Å²) in [4.78, 5) is 9.64. The van der Waals surface area contributed by atoms with Crippen LogP contribution in [-0.4, -0.2) is 38.0 Å². The molecule has 0 spiro atoms. The van der Waals surface area contributed by atoms with E-state index in [2.05, 4.69) is 133 Å². The zero-order chi connectivity index (χ0) is 45.5. The normalized spacial score (nSPS) is 12.3. The van der Waals surface area contributed by atoms with Crippen LogP contribution in [0.3, 0.4) is 0 Å². The van der Waals surface area contributed by atoms with Crippen molar-refractivity contribution in [3.8, 4) is 39.5 Å². The summed E-state index contributed by atoms with van der Waals surface area (Å²) >= 11 is 0. The third-order valence-corrected chi connectivity index (χ3v) is 13.3. The van der Waals surface area contributed by atoms with Crippen molar-refractivity contribution in [1.82, 2.24) is 29.9 Å². The average Bonchev–Trinajstić information content (AvgIpc) is 3.90. The van der Waals surface area contributed by atoms with Gasteiger partial charge in [-0.1, -0.05) is 149 Å². The second kappa shape index (κ2) is 18.8. The van der Waals surface area contributed by atoms with Crippen molar-refractivity contribution in [3.63, 3.8) is 0 Å². The van der Waals surface area contributed by atoms with Crippen molar-refractivity contribution < 1.29 is 27.3 Å². The molecule has 1 radical (unpaired) electrons. The zero-order valence-electron chi connectivity index (χ0n) is 39.0. The molecule has 10 aromatic rings. The van der Waals surface area contributed by atoms with Gasteiger partial charge in [0.2, 0.25) is 0 Å². The van der Waals surface area contributed by atoms with Gasteiger partial charge in [-0.2, -0.15) is 0 Å². The summed E-state index contributed by atoms with van der Waals surface area (Å²) in [6, 6.07) is 52.9. The number of aromatic nitrogens is 6. The number of imidazole rings is 1. The van der Waals surface area contributed by atoms with E-state index in [0.717, 1.165) is 60.7 Å². The number of benzene rings is 6. The minimum Gasteiger partial charge on any atom is -0.501 e. The fourth-order valence-corrected chi connectivity index (χ4v) is 9.55. The van der Waals surface area contributed by atoms with Gasteiger partial charge in [0.1, 0.15) is 11.1 Å². The first-order valence-corrected chi connectivity index (χ1v) is 25.0. The maximum Gasteiger partial charge on any atom is 0.194 e. The molecule has 6 aromatic carbocycles. The minimum atomic E-state index is -1.76. The number of rotatable bonds is 9. The molecule has 321 valence electrons. The van der Waals surface area contributed by atoms with Crippen molar-refractivity contribution in [2.75, 3.05) is 0 Å². The molecule has 4 aromatic heterocycles. The molecule has 0 aliphatic carbocycles. The first kappa shape index (κ1) is 41.6. The number of nitrogens with zero attached hydrogens (tertiary/aromatic N) is 6. The predicted octanol–water partition coefficient (Wildman–Crippen LogP) is 13.2. The Bertz CT molecular complexity index is 3270. The van der Waals surface area contributed by atoms with Crippen LogP contribution in [0.25, 0.3) is 72.6 Å². The van der Waals surface area contributed by atoms with Crippen molar-refractivity contribution in [1.29, 1.82) is 0 Å².